The molecule has 0 radical (unpaired) electrons. The van der Waals surface area contributed by atoms with E-state index in [2.05, 4.69) is 31.9 Å². The molecule has 4 nitrogen and oxygen atoms in total. The van der Waals surface area contributed by atoms with Crippen LogP contribution < -0.4 is 0 Å². The molecule has 5 rings (SSSR count). The average molecular weight is 740 g/mol. The van der Waals surface area contributed by atoms with Gasteiger partial charge >= 0.3 is 11.0 Å². The minimum absolute atomic E-state index is 0.279. The van der Waals surface area contributed by atoms with Crippen LogP contribution in [0.2, 0.25) is 0 Å². The number of hydrogen-bond acceptors (Lipinski definition) is 4. The third-order valence-electron chi connectivity index (χ3n) is 6.87. The van der Waals surface area contributed by atoms with E-state index < -0.39 is 45.9 Å². The van der Waals surface area contributed by atoms with E-state index in [0.717, 1.165) is 12.1 Å². The van der Waals surface area contributed by atoms with Crippen LogP contribution in [-0.2, 0) is 25.1 Å². The van der Waals surface area contributed by atoms with Gasteiger partial charge in [-0.15, -0.1) is 0 Å². The van der Waals surface area contributed by atoms with E-state index in [1.807, 2.05) is 0 Å². The summed E-state index contributed by atoms with van der Waals surface area (Å²) in [7, 11) is -11.4. The number of fused-ring (bicyclic) bond motifs is 3. The van der Waals surface area contributed by atoms with Gasteiger partial charge in [0.15, 0.2) is 0 Å². The van der Waals surface area contributed by atoms with Crippen LogP contribution in [0.25, 0.3) is 11.1 Å². The lowest BCUT2D eigenvalue weighted by Crippen LogP contribution is -2.30. The molecule has 1 aliphatic carbocycles. The molecule has 0 saturated carbocycles. The normalized spacial score (nSPS) is 14.9. The highest BCUT2D eigenvalue weighted by Crippen LogP contribution is 2.57. The van der Waals surface area contributed by atoms with Gasteiger partial charge in [0.25, 0.3) is 19.7 Å². The van der Waals surface area contributed by atoms with Crippen LogP contribution >= 0.6 is 31.9 Å². The maximum absolute atomic E-state index is 13.4. The van der Waals surface area contributed by atoms with Gasteiger partial charge in [-0.1, -0.05) is 60.7 Å². The fourth-order valence-corrected chi connectivity index (χ4v) is 8.84. The smallest absolute Gasteiger partial charge is 0.214 e. The van der Waals surface area contributed by atoms with Crippen molar-refractivity contribution in [2.24, 2.45) is 0 Å². The highest BCUT2D eigenvalue weighted by molar-refractivity contribution is 9.10. The number of rotatable bonds is 4. The molecule has 0 amide bonds. The van der Waals surface area contributed by atoms with Gasteiger partial charge in [-0.3, -0.25) is 0 Å². The summed E-state index contributed by atoms with van der Waals surface area (Å²) in [5.74, 6) is 0. The molecule has 0 aromatic heterocycles. The van der Waals surface area contributed by atoms with Gasteiger partial charge in [0.1, 0.15) is 0 Å². The van der Waals surface area contributed by atoms with Crippen molar-refractivity contribution >= 4 is 51.5 Å². The van der Waals surface area contributed by atoms with Gasteiger partial charge in [0, 0.05) is 8.95 Å². The Morgan fingerprint density at radius 1 is 0.537 bits per heavy atom. The van der Waals surface area contributed by atoms with Gasteiger partial charge < -0.3 is 0 Å². The van der Waals surface area contributed by atoms with Crippen LogP contribution in [0.3, 0.4) is 0 Å². The fourth-order valence-electron chi connectivity index (χ4n) is 5.18. The van der Waals surface area contributed by atoms with Gasteiger partial charge in [0.2, 0.25) is 0 Å². The zero-order valence-corrected chi connectivity index (χ0v) is 24.9. The SMILES string of the molecule is O=S(=O)(c1ccc(C2(c3ccc(S(=O)(=O)C(F)(F)F)c(Br)c3)c3ccccc3-c3ccccc32)cc1Br)C(F)(F)F. The second-order valence-corrected chi connectivity index (χ2v) is 14.6. The van der Waals surface area contributed by atoms with Crippen LogP contribution in [-0.4, -0.2) is 27.9 Å². The van der Waals surface area contributed by atoms with E-state index >= 15 is 0 Å². The fraction of sp³-hybridized carbons (Fsp3) is 0.111. The molecule has 0 saturated heterocycles. The van der Waals surface area contributed by atoms with E-state index in [9.17, 15) is 43.2 Å². The minimum Gasteiger partial charge on any atom is -0.214 e. The summed E-state index contributed by atoms with van der Waals surface area (Å²) in [6.45, 7) is 0. The number of sulfone groups is 2. The molecule has 41 heavy (non-hydrogen) atoms. The first-order valence-electron chi connectivity index (χ1n) is 11.4. The van der Waals surface area contributed by atoms with Crippen molar-refractivity contribution in [3.8, 4) is 11.1 Å². The van der Waals surface area contributed by atoms with Crippen LogP contribution in [0.5, 0.6) is 0 Å². The van der Waals surface area contributed by atoms with Gasteiger partial charge in [0.05, 0.1) is 15.2 Å². The quantitative estimate of drug-likeness (QED) is 0.175. The second-order valence-electron chi connectivity index (χ2n) is 9.03. The topological polar surface area (TPSA) is 68.3 Å². The van der Waals surface area contributed by atoms with Gasteiger partial charge in [-0.05, 0) is 89.5 Å². The first kappa shape index (κ1) is 29.8. The van der Waals surface area contributed by atoms with Crippen LogP contribution in [0.15, 0.2) is 104 Å². The predicted molar refractivity (Wildman–Crippen MR) is 146 cm³/mol. The van der Waals surface area contributed by atoms with Crippen molar-refractivity contribution in [1.82, 2.24) is 0 Å². The molecule has 0 unspecified atom stereocenters. The molecule has 0 spiro atoms. The highest BCUT2D eigenvalue weighted by atomic mass is 79.9. The molecular formula is C27H14Br2F6O4S2. The van der Waals surface area contributed by atoms with Crippen molar-refractivity contribution in [3.05, 3.63) is 116 Å². The summed E-state index contributed by atoms with van der Waals surface area (Å²) in [4.78, 5) is -2.03. The molecular weight excluding hydrogens is 726 g/mol. The molecule has 1 aliphatic rings. The maximum atomic E-state index is 13.4. The zero-order chi connectivity index (χ0) is 30.2. The van der Waals surface area contributed by atoms with E-state index in [4.69, 9.17) is 0 Å². The van der Waals surface area contributed by atoms with Crippen molar-refractivity contribution in [3.63, 3.8) is 0 Å². The Balaban J connectivity index is 1.87. The Kier molecular flexibility index (Phi) is 7.03. The molecule has 0 heterocycles. The second kappa shape index (κ2) is 9.68. The Hall–Kier alpha value is -2.68. The molecule has 214 valence electrons. The monoisotopic (exact) mass is 738 g/mol. The van der Waals surface area contributed by atoms with Crippen LogP contribution in [0.4, 0.5) is 26.3 Å². The van der Waals surface area contributed by atoms with E-state index in [1.165, 1.54) is 24.3 Å². The molecule has 4 aromatic carbocycles. The standard InChI is InChI=1S/C27H14Br2F6O4S2/c28-21-13-15(9-11-23(21)40(36,37)26(30,31)32)25(16-10-12-24(22(29)14-16)41(38,39)27(33,34)35)19-7-3-1-5-17(19)18-6-2-4-8-20(18)25/h1-14H. The summed E-state index contributed by atoms with van der Waals surface area (Å²) in [5.41, 5.74) is -9.33. The Morgan fingerprint density at radius 2 is 0.878 bits per heavy atom. The molecule has 0 fully saturated rings. The van der Waals surface area contributed by atoms with Crippen LogP contribution in [0.1, 0.15) is 22.3 Å². The average Bonchev–Trinajstić information content (AvgIpc) is 3.18. The lowest BCUT2D eigenvalue weighted by Gasteiger charge is -2.34. The Morgan fingerprint density at radius 3 is 1.20 bits per heavy atom. The Labute approximate surface area is 247 Å². The highest BCUT2D eigenvalue weighted by Gasteiger charge is 2.51. The molecule has 0 N–H and O–H groups in total. The lowest BCUT2D eigenvalue weighted by molar-refractivity contribution is -0.0442. The molecule has 0 atom stereocenters. The molecule has 0 aliphatic heterocycles. The van der Waals surface area contributed by atoms with Crippen molar-refractivity contribution < 1.29 is 43.2 Å². The summed E-state index contributed by atoms with van der Waals surface area (Å²) >= 11 is 5.96. The predicted octanol–water partition coefficient (Wildman–Crippen LogP) is 8.16. The van der Waals surface area contributed by atoms with Crippen LogP contribution in [0, 0.1) is 0 Å². The molecule has 14 heteroatoms. The van der Waals surface area contributed by atoms with Gasteiger partial charge in [-0.2, -0.15) is 26.3 Å². The molecule has 4 aromatic rings. The summed E-state index contributed by atoms with van der Waals surface area (Å²) in [6.07, 6.45) is 0. The number of benzene rings is 4. The third kappa shape index (κ3) is 4.36. The van der Waals surface area contributed by atoms with Crippen molar-refractivity contribution in [1.29, 1.82) is 0 Å². The first-order chi connectivity index (χ1) is 19.0. The minimum atomic E-state index is -5.72. The van der Waals surface area contributed by atoms with Gasteiger partial charge in [-0.25, -0.2) is 16.8 Å². The van der Waals surface area contributed by atoms with E-state index in [0.29, 0.717) is 22.3 Å². The summed E-state index contributed by atoms with van der Waals surface area (Å²) in [5, 5.41) is 0. The summed E-state index contributed by atoms with van der Waals surface area (Å²) < 4.78 is 128. The van der Waals surface area contributed by atoms with Crippen molar-refractivity contribution in [2.75, 3.05) is 0 Å². The lowest BCUT2D eigenvalue weighted by atomic mass is 9.68. The Bertz CT molecular complexity index is 1800. The van der Waals surface area contributed by atoms with E-state index in [1.54, 1.807) is 48.5 Å². The largest absolute Gasteiger partial charge is 0.501 e. The number of hydrogen-bond donors (Lipinski definition) is 0. The summed E-state index contributed by atoms with van der Waals surface area (Å²) in [6, 6.07) is 20.4. The van der Waals surface area contributed by atoms with E-state index in [-0.39, 0.29) is 20.1 Å². The first-order valence-corrected chi connectivity index (χ1v) is 15.9. The molecule has 0 bridgehead atoms. The number of halogens is 8. The van der Waals surface area contributed by atoms with Crippen molar-refractivity contribution in [2.45, 2.75) is 26.2 Å². The third-order valence-corrected chi connectivity index (χ3v) is 11.8. The maximum Gasteiger partial charge on any atom is 0.501 e. The zero-order valence-electron chi connectivity index (χ0n) is 20.1. The number of alkyl halides is 6.